The minimum atomic E-state index is 0.176. The van der Waals surface area contributed by atoms with E-state index in [-0.39, 0.29) is 5.28 Å². The van der Waals surface area contributed by atoms with Crippen molar-refractivity contribution < 1.29 is 0 Å². The number of aromatic nitrogens is 3. The van der Waals surface area contributed by atoms with Crippen LogP contribution in [0.2, 0.25) is 15.3 Å². The second kappa shape index (κ2) is 5.44. The second-order valence-corrected chi connectivity index (χ2v) is 5.31. The fourth-order valence-corrected chi connectivity index (χ4v) is 2.34. The van der Waals surface area contributed by atoms with Gasteiger partial charge in [-0.2, -0.15) is 4.98 Å². The Bertz CT molecular complexity index is 751. The van der Waals surface area contributed by atoms with E-state index in [0.717, 1.165) is 11.3 Å². The molecule has 0 spiro atoms. The van der Waals surface area contributed by atoms with E-state index in [9.17, 15) is 0 Å². The van der Waals surface area contributed by atoms with Crippen LogP contribution in [0, 0.1) is 0 Å². The molecule has 6 heteroatoms. The normalized spacial score (nSPS) is 10.8. The molecule has 0 saturated carbocycles. The molecule has 20 heavy (non-hydrogen) atoms. The van der Waals surface area contributed by atoms with Gasteiger partial charge < -0.3 is 0 Å². The molecule has 3 aromatic rings. The molecule has 0 aliphatic rings. The molecule has 0 unspecified atom stereocenters. The van der Waals surface area contributed by atoms with Crippen LogP contribution in [0.3, 0.4) is 0 Å². The smallest absolute Gasteiger partial charge is 0.212 e. The van der Waals surface area contributed by atoms with Gasteiger partial charge in [0.2, 0.25) is 5.28 Å². The molecule has 2 aromatic carbocycles. The number of benzene rings is 2. The van der Waals surface area contributed by atoms with Crippen molar-refractivity contribution in [3.8, 4) is 17.1 Å². The highest BCUT2D eigenvalue weighted by molar-refractivity contribution is 6.31. The van der Waals surface area contributed by atoms with E-state index in [1.54, 1.807) is 22.9 Å². The maximum Gasteiger partial charge on any atom is 0.243 e. The average molecular weight is 325 g/mol. The van der Waals surface area contributed by atoms with E-state index in [4.69, 9.17) is 34.8 Å². The van der Waals surface area contributed by atoms with Gasteiger partial charge in [0.05, 0.1) is 5.69 Å². The number of nitrogens with zero attached hydrogens (tertiary/aromatic N) is 3. The molecule has 0 aliphatic heterocycles. The molecular weight excluding hydrogens is 317 g/mol. The number of hydrogen-bond donors (Lipinski definition) is 0. The molecule has 0 amide bonds. The lowest BCUT2D eigenvalue weighted by Gasteiger charge is -2.06. The molecule has 1 heterocycles. The Labute approximate surface area is 130 Å². The van der Waals surface area contributed by atoms with Gasteiger partial charge in [-0.1, -0.05) is 35.3 Å². The van der Waals surface area contributed by atoms with Gasteiger partial charge in [0.15, 0.2) is 5.82 Å². The van der Waals surface area contributed by atoms with Crippen LogP contribution in [-0.4, -0.2) is 14.8 Å². The van der Waals surface area contributed by atoms with Gasteiger partial charge in [-0.3, -0.25) is 0 Å². The van der Waals surface area contributed by atoms with Crippen molar-refractivity contribution >= 4 is 34.8 Å². The molecule has 3 nitrogen and oxygen atoms in total. The van der Waals surface area contributed by atoms with Crippen LogP contribution in [0.1, 0.15) is 0 Å². The van der Waals surface area contributed by atoms with Crippen molar-refractivity contribution in [2.45, 2.75) is 0 Å². The number of hydrogen-bond acceptors (Lipinski definition) is 2. The first kappa shape index (κ1) is 13.4. The lowest BCUT2D eigenvalue weighted by molar-refractivity contribution is 0.887. The van der Waals surface area contributed by atoms with E-state index in [0.29, 0.717) is 15.9 Å². The van der Waals surface area contributed by atoms with Gasteiger partial charge in [-0.05, 0) is 48.0 Å². The zero-order valence-corrected chi connectivity index (χ0v) is 12.4. The fourth-order valence-electron chi connectivity index (χ4n) is 1.86. The van der Waals surface area contributed by atoms with Crippen LogP contribution in [-0.2, 0) is 0 Å². The van der Waals surface area contributed by atoms with Gasteiger partial charge in [0.25, 0.3) is 0 Å². The van der Waals surface area contributed by atoms with Crippen molar-refractivity contribution in [1.82, 2.24) is 14.8 Å². The first-order valence-electron chi connectivity index (χ1n) is 5.78. The minimum Gasteiger partial charge on any atom is -0.212 e. The summed E-state index contributed by atoms with van der Waals surface area (Å²) in [5, 5.41) is 5.66. The Hall–Kier alpha value is -1.55. The highest BCUT2D eigenvalue weighted by Gasteiger charge is 2.12. The van der Waals surface area contributed by atoms with Gasteiger partial charge >= 0.3 is 0 Å². The molecule has 100 valence electrons. The van der Waals surface area contributed by atoms with Gasteiger partial charge in [0.1, 0.15) is 0 Å². The molecule has 0 saturated heterocycles. The third kappa shape index (κ3) is 2.66. The molecule has 0 fully saturated rings. The Morgan fingerprint density at radius 3 is 2.30 bits per heavy atom. The van der Waals surface area contributed by atoms with Gasteiger partial charge in [0, 0.05) is 15.6 Å². The van der Waals surface area contributed by atoms with Crippen LogP contribution < -0.4 is 0 Å². The molecular formula is C14H8Cl3N3. The lowest BCUT2D eigenvalue weighted by atomic mass is 10.2. The van der Waals surface area contributed by atoms with Crippen LogP contribution >= 0.6 is 34.8 Å². The van der Waals surface area contributed by atoms with Crippen molar-refractivity contribution in [3.63, 3.8) is 0 Å². The first-order valence-corrected chi connectivity index (χ1v) is 6.91. The Morgan fingerprint density at radius 1 is 0.850 bits per heavy atom. The minimum absolute atomic E-state index is 0.176. The second-order valence-electron chi connectivity index (χ2n) is 4.10. The zero-order chi connectivity index (χ0) is 14.1. The fraction of sp³-hybridized carbons (Fsp3) is 0. The van der Waals surface area contributed by atoms with Crippen molar-refractivity contribution in [2.24, 2.45) is 0 Å². The molecule has 3 rings (SSSR count). The van der Waals surface area contributed by atoms with Gasteiger partial charge in [-0.15, -0.1) is 5.10 Å². The summed E-state index contributed by atoms with van der Waals surface area (Å²) >= 11 is 17.8. The maximum absolute atomic E-state index is 6.01. The summed E-state index contributed by atoms with van der Waals surface area (Å²) in [6.45, 7) is 0. The standard InChI is InChI=1S/C14H8Cl3N3/c15-10-4-6-12(7-5-10)20-13(18-14(17)19-20)9-2-1-3-11(16)8-9/h1-8H. The average Bonchev–Trinajstić information content (AvgIpc) is 2.82. The molecule has 1 aromatic heterocycles. The molecule has 0 N–H and O–H groups in total. The largest absolute Gasteiger partial charge is 0.243 e. The highest BCUT2D eigenvalue weighted by atomic mass is 35.5. The summed E-state index contributed by atoms with van der Waals surface area (Å²) in [7, 11) is 0. The van der Waals surface area contributed by atoms with Crippen LogP contribution in [0.4, 0.5) is 0 Å². The Morgan fingerprint density at radius 2 is 1.60 bits per heavy atom. The van der Waals surface area contributed by atoms with E-state index in [1.807, 2.05) is 30.3 Å². The molecule has 0 aliphatic carbocycles. The molecule has 0 atom stereocenters. The Balaban J connectivity index is 2.15. The van der Waals surface area contributed by atoms with Crippen molar-refractivity contribution in [1.29, 1.82) is 0 Å². The van der Waals surface area contributed by atoms with E-state index in [2.05, 4.69) is 10.1 Å². The SMILES string of the molecule is Clc1ccc(-n2nc(Cl)nc2-c2cccc(Cl)c2)cc1. The van der Waals surface area contributed by atoms with Crippen molar-refractivity contribution in [2.75, 3.05) is 0 Å². The third-order valence-corrected chi connectivity index (χ3v) is 3.38. The van der Waals surface area contributed by atoms with E-state index in [1.165, 1.54) is 0 Å². The summed E-state index contributed by atoms with van der Waals surface area (Å²) in [4.78, 5) is 4.25. The molecule has 0 bridgehead atoms. The summed E-state index contributed by atoms with van der Waals surface area (Å²) in [5.74, 6) is 0.625. The quantitative estimate of drug-likeness (QED) is 0.671. The van der Waals surface area contributed by atoms with Gasteiger partial charge in [-0.25, -0.2) is 4.68 Å². The van der Waals surface area contributed by atoms with Crippen LogP contribution in [0.5, 0.6) is 0 Å². The zero-order valence-electron chi connectivity index (χ0n) is 10.1. The predicted molar refractivity (Wildman–Crippen MR) is 81.8 cm³/mol. The topological polar surface area (TPSA) is 30.7 Å². The van der Waals surface area contributed by atoms with E-state index < -0.39 is 0 Å². The number of halogens is 3. The summed E-state index contributed by atoms with van der Waals surface area (Å²) in [6, 6.07) is 14.6. The summed E-state index contributed by atoms with van der Waals surface area (Å²) in [6.07, 6.45) is 0. The maximum atomic E-state index is 6.01. The lowest BCUT2D eigenvalue weighted by Crippen LogP contribution is -1.99. The van der Waals surface area contributed by atoms with Crippen molar-refractivity contribution in [3.05, 3.63) is 63.9 Å². The van der Waals surface area contributed by atoms with E-state index >= 15 is 0 Å². The predicted octanol–water partition coefficient (Wildman–Crippen LogP) is 4.89. The monoisotopic (exact) mass is 323 g/mol. The van der Waals surface area contributed by atoms with Crippen LogP contribution in [0.25, 0.3) is 17.1 Å². The Kier molecular flexibility index (Phi) is 3.66. The highest BCUT2D eigenvalue weighted by Crippen LogP contribution is 2.25. The summed E-state index contributed by atoms with van der Waals surface area (Å²) < 4.78 is 1.66. The number of rotatable bonds is 2. The third-order valence-electron chi connectivity index (χ3n) is 2.74. The molecule has 0 radical (unpaired) electrons. The summed E-state index contributed by atoms with van der Waals surface area (Å²) in [5.41, 5.74) is 1.66. The first-order chi connectivity index (χ1) is 9.63. The van der Waals surface area contributed by atoms with Crippen LogP contribution in [0.15, 0.2) is 48.5 Å².